The summed E-state index contributed by atoms with van der Waals surface area (Å²) in [6.07, 6.45) is 8.07. The average Bonchev–Trinajstić information content (AvgIpc) is 3.71. The van der Waals surface area contributed by atoms with Gasteiger partial charge in [-0.15, -0.1) is 0 Å². The molecule has 0 saturated heterocycles. The molecule has 3 aromatic heterocycles. The Morgan fingerprint density at radius 2 is 1.88 bits per heavy atom. The molecule has 3 aromatic rings. The highest BCUT2D eigenvalue weighted by molar-refractivity contribution is 5.93. The Hall–Kier alpha value is -3.26. The average molecular weight is 460 g/mol. The van der Waals surface area contributed by atoms with E-state index in [0.717, 1.165) is 47.7 Å². The monoisotopic (exact) mass is 459 g/mol. The van der Waals surface area contributed by atoms with Crippen LogP contribution in [0.2, 0.25) is 0 Å². The lowest BCUT2D eigenvalue weighted by molar-refractivity contribution is 0.0235. The highest BCUT2D eigenvalue weighted by Crippen LogP contribution is 2.46. The maximum absolute atomic E-state index is 12.2. The lowest BCUT2D eigenvalue weighted by Crippen LogP contribution is -2.35. The van der Waals surface area contributed by atoms with Gasteiger partial charge in [0.05, 0.1) is 16.6 Å². The Bertz CT molecular complexity index is 1300. The Morgan fingerprint density at radius 1 is 1.09 bits per heavy atom. The van der Waals surface area contributed by atoms with Crippen LogP contribution in [0.5, 0.6) is 5.88 Å². The molecular formula is C26H29N5O3. The number of hydrogen-bond acceptors (Lipinski definition) is 8. The number of nitrogens with two attached hydrogens (primary N) is 1. The molecule has 0 bridgehead atoms. The molecular weight excluding hydrogens is 430 g/mol. The first kappa shape index (κ1) is 21.3. The van der Waals surface area contributed by atoms with Gasteiger partial charge in [-0.2, -0.15) is 0 Å². The number of ether oxygens (including phenoxy) is 2. The molecule has 8 heteroatoms. The van der Waals surface area contributed by atoms with Crippen molar-refractivity contribution in [2.24, 2.45) is 11.7 Å². The van der Waals surface area contributed by atoms with Gasteiger partial charge in [-0.25, -0.2) is 19.7 Å². The van der Waals surface area contributed by atoms with E-state index in [-0.39, 0.29) is 24.1 Å². The van der Waals surface area contributed by atoms with E-state index >= 15 is 0 Å². The summed E-state index contributed by atoms with van der Waals surface area (Å²) in [6.45, 7) is 5.99. The van der Waals surface area contributed by atoms with Crippen molar-refractivity contribution in [3.63, 3.8) is 0 Å². The molecule has 0 spiro atoms. The van der Waals surface area contributed by atoms with E-state index in [0.29, 0.717) is 29.0 Å². The summed E-state index contributed by atoms with van der Waals surface area (Å²) in [5.41, 5.74) is 8.60. The van der Waals surface area contributed by atoms with Crippen LogP contribution in [0, 0.1) is 5.92 Å². The summed E-state index contributed by atoms with van der Waals surface area (Å²) in [4.78, 5) is 26.2. The Balaban J connectivity index is 1.39. The predicted molar refractivity (Wildman–Crippen MR) is 128 cm³/mol. The molecule has 6 rings (SSSR count). The Morgan fingerprint density at radius 3 is 2.62 bits per heavy atom. The molecule has 34 heavy (non-hydrogen) atoms. The van der Waals surface area contributed by atoms with E-state index < -0.39 is 5.54 Å². The van der Waals surface area contributed by atoms with Crippen molar-refractivity contribution in [1.29, 1.82) is 0 Å². The number of pyridine rings is 3. The molecule has 0 aromatic carbocycles. The molecule has 8 nitrogen and oxygen atoms in total. The normalized spacial score (nSPS) is 23.7. The minimum absolute atomic E-state index is 0.00955. The first-order chi connectivity index (χ1) is 16.3. The largest absolute Gasteiger partial charge is 0.474 e. The van der Waals surface area contributed by atoms with Gasteiger partial charge < -0.3 is 20.5 Å². The van der Waals surface area contributed by atoms with Crippen molar-refractivity contribution in [3.8, 4) is 5.88 Å². The molecule has 3 aliphatic rings. The molecule has 176 valence electrons. The van der Waals surface area contributed by atoms with E-state index in [1.807, 2.05) is 26.1 Å². The number of carbonyl (C=O) groups excluding carboxylic acids is 1. The maximum Gasteiger partial charge on any atom is 0.340 e. The summed E-state index contributed by atoms with van der Waals surface area (Å²) in [6, 6.07) is 5.54. The number of nitrogens with one attached hydrogen (secondary N) is 1. The van der Waals surface area contributed by atoms with Gasteiger partial charge in [-0.05, 0) is 74.6 Å². The molecule has 2 fully saturated rings. The third kappa shape index (κ3) is 3.66. The van der Waals surface area contributed by atoms with Crippen LogP contribution in [0.1, 0.15) is 74.0 Å². The minimum atomic E-state index is -0.474. The van der Waals surface area contributed by atoms with Gasteiger partial charge in [0, 0.05) is 23.9 Å². The quantitative estimate of drug-likeness (QED) is 0.516. The fourth-order valence-electron chi connectivity index (χ4n) is 4.70. The molecule has 2 saturated carbocycles. The van der Waals surface area contributed by atoms with Gasteiger partial charge >= 0.3 is 5.97 Å². The summed E-state index contributed by atoms with van der Waals surface area (Å²) in [5.74, 6) is 2.02. The van der Waals surface area contributed by atoms with Crippen molar-refractivity contribution in [2.45, 2.75) is 70.1 Å². The molecule has 0 unspecified atom stereocenters. The molecule has 3 atom stereocenters. The zero-order valence-corrected chi connectivity index (χ0v) is 19.7. The summed E-state index contributed by atoms with van der Waals surface area (Å²) in [7, 11) is 0. The van der Waals surface area contributed by atoms with E-state index in [1.54, 1.807) is 18.3 Å². The van der Waals surface area contributed by atoms with E-state index in [1.165, 1.54) is 0 Å². The maximum atomic E-state index is 12.2. The lowest BCUT2D eigenvalue weighted by atomic mass is 9.86. The number of esters is 1. The van der Waals surface area contributed by atoms with Crippen molar-refractivity contribution in [1.82, 2.24) is 15.0 Å². The van der Waals surface area contributed by atoms with Crippen molar-refractivity contribution in [3.05, 3.63) is 47.4 Å². The molecule has 3 N–H and O–H groups in total. The second kappa shape index (κ2) is 7.63. The van der Waals surface area contributed by atoms with Gasteiger partial charge in [0.1, 0.15) is 23.8 Å². The van der Waals surface area contributed by atoms with E-state index in [9.17, 15) is 4.79 Å². The van der Waals surface area contributed by atoms with Crippen LogP contribution in [0.4, 0.5) is 11.6 Å². The smallest absolute Gasteiger partial charge is 0.340 e. The molecule has 4 heterocycles. The first-order valence-electron chi connectivity index (χ1n) is 12.0. The summed E-state index contributed by atoms with van der Waals surface area (Å²) >= 11 is 0. The van der Waals surface area contributed by atoms with Crippen molar-refractivity contribution >= 4 is 28.4 Å². The third-order valence-electron chi connectivity index (χ3n) is 7.37. The fraction of sp³-hybridized carbons (Fsp3) is 0.462. The van der Waals surface area contributed by atoms with Crippen LogP contribution < -0.4 is 15.8 Å². The van der Waals surface area contributed by atoms with Gasteiger partial charge in [-0.1, -0.05) is 6.92 Å². The molecule has 0 amide bonds. The summed E-state index contributed by atoms with van der Waals surface area (Å²) in [5, 5.41) is 5.18. The highest BCUT2D eigenvalue weighted by Gasteiger charge is 2.41. The zero-order chi connectivity index (χ0) is 23.6. The number of cyclic esters (lactones) is 1. The number of anilines is 2. The summed E-state index contributed by atoms with van der Waals surface area (Å²) < 4.78 is 11.5. The van der Waals surface area contributed by atoms with Crippen LogP contribution in [0.15, 0.2) is 30.6 Å². The topological polar surface area (TPSA) is 112 Å². The first-order valence-corrected chi connectivity index (χ1v) is 12.0. The van der Waals surface area contributed by atoms with Crippen LogP contribution in [0.3, 0.4) is 0 Å². The lowest BCUT2D eigenvalue weighted by Gasteiger charge is -2.27. The number of fused-ring (bicyclic) bond motifs is 2. The van der Waals surface area contributed by atoms with Crippen LogP contribution in [0.25, 0.3) is 10.8 Å². The van der Waals surface area contributed by atoms with Crippen LogP contribution >= 0.6 is 0 Å². The third-order valence-corrected chi connectivity index (χ3v) is 7.37. The molecule has 2 aliphatic carbocycles. The standard InChI is InChI=1S/C26H29N5O3/c1-13-14(2)33-25(32)17-8-9-21(31-23(13)17)30-22-10-18-19(11-28-22)24(34-16-6-7-16)29-12-20(18)26(3,27)15-4-5-15/h8-16H,4-7,27H2,1-3H3,(H,28,30,31)/t13-,14+,26+/m0/s1. The number of carbonyl (C=O) groups is 1. The van der Waals surface area contributed by atoms with Gasteiger partial charge in [0.25, 0.3) is 0 Å². The predicted octanol–water partition coefficient (Wildman–Crippen LogP) is 4.56. The van der Waals surface area contributed by atoms with Crippen LogP contribution in [-0.2, 0) is 10.3 Å². The van der Waals surface area contributed by atoms with Crippen molar-refractivity contribution in [2.75, 3.05) is 5.32 Å². The Labute approximate surface area is 198 Å². The molecule has 0 radical (unpaired) electrons. The second-order valence-corrected chi connectivity index (χ2v) is 10.1. The minimum Gasteiger partial charge on any atom is -0.474 e. The fourth-order valence-corrected chi connectivity index (χ4v) is 4.70. The van der Waals surface area contributed by atoms with Gasteiger partial charge in [-0.3, -0.25) is 0 Å². The van der Waals surface area contributed by atoms with Crippen LogP contribution in [-0.4, -0.2) is 33.1 Å². The Kier molecular flexibility index (Phi) is 4.78. The zero-order valence-electron chi connectivity index (χ0n) is 19.7. The van der Waals surface area contributed by atoms with E-state index in [2.05, 4.69) is 22.2 Å². The second-order valence-electron chi connectivity index (χ2n) is 10.1. The van der Waals surface area contributed by atoms with Gasteiger partial charge in [0.15, 0.2) is 0 Å². The van der Waals surface area contributed by atoms with Gasteiger partial charge in [0.2, 0.25) is 5.88 Å². The number of aromatic nitrogens is 3. The SMILES string of the molecule is C[C@@H]1c2nc(Nc3cc4c([C@](C)(N)C5CC5)cnc(OC5CC5)c4cn3)ccc2C(=O)O[C@@H]1C. The number of nitrogens with zero attached hydrogens (tertiary/aromatic N) is 3. The number of rotatable bonds is 6. The van der Waals surface area contributed by atoms with E-state index in [4.69, 9.17) is 20.2 Å². The number of hydrogen-bond donors (Lipinski definition) is 2. The van der Waals surface area contributed by atoms with Crippen molar-refractivity contribution < 1.29 is 14.3 Å². The molecule has 1 aliphatic heterocycles. The highest BCUT2D eigenvalue weighted by atomic mass is 16.5.